The van der Waals surface area contributed by atoms with Crippen molar-refractivity contribution in [2.24, 2.45) is 0 Å². The summed E-state index contributed by atoms with van der Waals surface area (Å²) in [4.78, 5) is 6.82. The van der Waals surface area contributed by atoms with Crippen LogP contribution < -0.4 is 10.4 Å². The average Bonchev–Trinajstić information content (AvgIpc) is 2.31. The molecule has 0 bridgehead atoms. The van der Waals surface area contributed by atoms with E-state index >= 15 is 0 Å². The summed E-state index contributed by atoms with van der Waals surface area (Å²) in [5.41, 5.74) is 3.93. The summed E-state index contributed by atoms with van der Waals surface area (Å²) < 4.78 is 13.8. The summed E-state index contributed by atoms with van der Waals surface area (Å²) in [6.45, 7) is 1.83. The van der Waals surface area contributed by atoms with E-state index in [1.54, 1.807) is 6.07 Å². The van der Waals surface area contributed by atoms with Crippen molar-refractivity contribution in [1.29, 1.82) is 0 Å². The van der Waals surface area contributed by atoms with Crippen molar-refractivity contribution in [2.45, 2.75) is 0 Å². The first kappa shape index (κ1) is 11.5. The molecule has 1 N–H and O–H groups in total. The standard InChI is InChI=1S/C11H15FN2OS/c1-15-13-9-2-3-11(10(12)8-9)14-4-6-16-7-5-14/h2-3,8,13H,4-7H2,1H3. The average molecular weight is 242 g/mol. The molecule has 1 fully saturated rings. The second kappa shape index (κ2) is 5.41. The fourth-order valence-electron chi connectivity index (χ4n) is 1.75. The second-order valence-electron chi connectivity index (χ2n) is 3.57. The van der Waals surface area contributed by atoms with Gasteiger partial charge >= 0.3 is 0 Å². The number of hydrogen-bond acceptors (Lipinski definition) is 4. The van der Waals surface area contributed by atoms with Crippen LogP contribution in [0.15, 0.2) is 18.2 Å². The number of nitrogens with zero attached hydrogens (tertiary/aromatic N) is 1. The quantitative estimate of drug-likeness (QED) is 0.822. The number of anilines is 2. The van der Waals surface area contributed by atoms with E-state index in [1.165, 1.54) is 13.2 Å². The normalized spacial score (nSPS) is 16.2. The summed E-state index contributed by atoms with van der Waals surface area (Å²) in [7, 11) is 1.51. The molecule has 0 saturated carbocycles. The largest absolute Gasteiger partial charge is 0.368 e. The Morgan fingerprint density at radius 3 is 2.75 bits per heavy atom. The zero-order chi connectivity index (χ0) is 11.4. The van der Waals surface area contributed by atoms with Crippen LogP contribution in [0.3, 0.4) is 0 Å². The van der Waals surface area contributed by atoms with Crippen molar-refractivity contribution in [3.63, 3.8) is 0 Å². The van der Waals surface area contributed by atoms with Gasteiger partial charge in [-0.3, -0.25) is 10.3 Å². The highest BCUT2D eigenvalue weighted by molar-refractivity contribution is 7.99. The van der Waals surface area contributed by atoms with E-state index in [0.29, 0.717) is 11.4 Å². The second-order valence-corrected chi connectivity index (χ2v) is 4.80. The van der Waals surface area contributed by atoms with Crippen molar-refractivity contribution in [2.75, 3.05) is 42.1 Å². The number of hydrogen-bond donors (Lipinski definition) is 1. The van der Waals surface area contributed by atoms with Crippen LogP contribution in [0.4, 0.5) is 15.8 Å². The van der Waals surface area contributed by atoms with Crippen molar-refractivity contribution in [1.82, 2.24) is 0 Å². The smallest absolute Gasteiger partial charge is 0.148 e. The van der Waals surface area contributed by atoms with E-state index in [-0.39, 0.29) is 5.82 Å². The van der Waals surface area contributed by atoms with Gasteiger partial charge in [0.15, 0.2) is 0 Å². The van der Waals surface area contributed by atoms with Gasteiger partial charge < -0.3 is 4.90 Å². The minimum Gasteiger partial charge on any atom is -0.368 e. The van der Waals surface area contributed by atoms with Gasteiger partial charge in [-0.1, -0.05) is 0 Å². The zero-order valence-corrected chi connectivity index (χ0v) is 10.0. The molecule has 0 radical (unpaired) electrons. The lowest BCUT2D eigenvalue weighted by atomic mass is 10.2. The summed E-state index contributed by atoms with van der Waals surface area (Å²) >= 11 is 1.91. The topological polar surface area (TPSA) is 24.5 Å². The molecule has 1 aliphatic heterocycles. The Kier molecular flexibility index (Phi) is 3.90. The van der Waals surface area contributed by atoms with Crippen LogP contribution in [0.25, 0.3) is 0 Å². The minimum atomic E-state index is -0.200. The molecule has 1 aromatic carbocycles. The van der Waals surface area contributed by atoms with Gasteiger partial charge in [-0.05, 0) is 12.1 Å². The molecule has 3 nitrogen and oxygen atoms in total. The fourth-order valence-corrected chi connectivity index (χ4v) is 2.65. The summed E-state index contributed by atoms with van der Waals surface area (Å²) in [5, 5.41) is 0. The Balaban J connectivity index is 2.14. The number of nitrogens with one attached hydrogen (secondary N) is 1. The van der Waals surface area contributed by atoms with Crippen molar-refractivity contribution < 1.29 is 9.23 Å². The first-order valence-electron chi connectivity index (χ1n) is 5.22. The maximum Gasteiger partial charge on any atom is 0.148 e. The third-order valence-electron chi connectivity index (χ3n) is 2.52. The fraction of sp³-hybridized carbons (Fsp3) is 0.455. The van der Waals surface area contributed by atoms with Crippen LogP contribution in [0.2, 0.25) is 0 Å². The van der Waals surface area contributed by atoms with E-state index in [1.807, 2.05) is 17.8 Å². The Hall–Kier alpha value is -0.940. The summed E-state index contributed by atoms with van der Waals surface area (Å²) in [6.07, 6.45) is 0. The van der Waals surface area contributed by atoms with Gasteiger partial charge in [0, 0.05) is 30.7 Å². The number of thioether (sulfide) groups is 1. The van der Waals surface area contributed by atoms with Crippen LogP contribution in [-0.4, -0.2) is 31.7 Å². The molecule has 0 unspecified atom stereocenters. The maximum absolute atomic E-state index is 13.8. The summed E-state index contributed by atoms with van der Waals surface area (Å²) in [6, 6.07) is 5.08. The third-order valence-corrected chi connectivity index (χ3v) is 3.46. The lowest BCUT2D eigenvalue weighted by Gasteiger charge is -2.28. The molecular formula is C11H15FN2OS. The van der Waals surface area contributed by atoms with Crippen LogP contribution in [-0.2, 0) is 4.84 Å². The minimum absolute atomic E-state index is 0.200. The van der Waals surface area contributed by atoms with Crippen LogP contribution in [0.1, 0.15) is 0 Å². The first-order valence-corrected chi connectivity index (χ1v) is 6.38. The van der Waals surface area contributed by atoms with Gasteiger partial charge in [0.05, 0.1) is 18.5 Å². The van der Waals surface area contributed by atoms with Gasteiger partial charge in [-0.25, -0.2) is 4.39 Å². The molecule has 5 heteroatoms. The molecule has 88 valence electrons. The number of halogens is 1. The first-order chi connectivity index (χ1) is 7.81. The molecule has 0 amide bonds. The van der Waals surface area contributed by atoms with Crippen molar-refractivity contribution in [3.05, 3.63) is 24.0 Å². The highest BCUT2D eigenvalue weighted by Gasteiger charge is 2.14. The Morgan fingerprint density at radius 1 is 1.38 bits per heavy atom. The number of rotatable bonds is 3. The van der Waals surface area contributed by atoms with Crippen molar-refractivity contribution in [3.8, 4) is 0 Å². The van der Waals surface area contributed by atoms with E-state index in [4.69, 9.17) is 4.84 Å². The Labute approximate surface area is 98.9 Å². The van der Waals surface area contributed by atoms with Crippen LogP contribution in [0, 0.1) is 5.82 Å². The van der Waals surface area contributed by atoms with Crippen molar-refractivity contribution >= 4 is 23.1 Å². The maximum atomic E-state index is 13.8. The van der Waals surface area contributed by atoms with Gasteiger partial charge in [0.1, 0.15) is 5.82 Å². The Morgan fingerprint density at radius 2 is 2.12 bits per heavy atom. The zero-order valence-electron chi connectivity index (χ0n) is 9.20. The van der Waals surface area contributed by atoms with Gasteiger partial charge in [-0.2, -0.15) is 11.8 Å². The summed E-state index contributed by atoms with van der Waals surface area (Å²) in [5.74, 6) is 1.93. The van der Waals surface area contributed by atoms with E-state index in [9.17, 15) is 4.39 Å². The molecule has 0 aromatic heterocycles. The third kappa shape index (κ3) is 2.59. The highest BCUT2D eigenvalue weighted by Crippen LogP contribution is 2.25. The van der Waals surface area contributed by atoms with E-state index in [0.717, 1.165) is 24.6 Å². The van der Waals surface area contributed by atoms with Crippen LogP contribution in [0.5, 0.6) is 0 Å². The lowest BCUT2D eigenvalue weighted by molar-refractivity contribution is 0.271. The molecule has 1 saturated heterocycles. The van der Waals surface area contributed by atoms with E-state index < -0.39 is 0 Å². The molecule has 0 atom stereocenters. The predicted molar refractivity (Wildman–Crippen MR) is 66.6 cm³/mol. The number of benzene rings is 1. The molecule has 1 aromatic rings. The van der Waals surface area contributed by atoms with Gasteiger partial charge in [0.25, 0.3) is 0 Å². The predicted octanol–water partition coefficient (Wildman–Crippen LogP) is 2.35. The molecule has 16 heavy (non-hydrogen) atoms. The molecule has 0 spiro atoms. The lowest BCUT2D eigenvalue weighted by Crippen LogP contribution is -2.33. The molecule has 0 aliphatic carbocycles. The molecule has 1 aliphatic rings. The molecular weight excluding hydrogens is 227 g/mol. The highest BCUT2D eigenvalue weighted by atomic mass is 32.2. The van der Waals surface area contributed by atoms with Gasteiger partial charge in [-0.15, -0.1) is 0 Å². The van der Waals surface area contributed by atoms with Gasteiger partial charge in [0.2, 0.25) is 0 Å². The Bertz CT molecular complexity index is 356. The SMILES string of the molecule is CONc1ccc(N2CCSCC2)c(F)c1. The van der Waals surface area contributed by atoms with Crippen LogP contribution >= 0.6 is 11.8 Å². The molecule has 2 rings (SSSR count). The monoisotopic (exact) mass is 242 g/mol. The molecule has 1 heterocycles. The van der Waals surface area contributed by atoms with E-state index in [2.05, 4.69) is 10.4 Å².